The van der Waals surface area contributed by atoms with E-state index in [0.717, 1.165) is 6.42 Å². The van der Waals surface area contributed by atoms with Crippen LogP contribution < -0.4 is 5.32 Å². The summed E-state index contributed by atoms with van der Waals surface area (Å²) in [6, 6.07) is 0. The van der Waals surface area contributed by atoms with Gasteiger partial charge in [-0.3, -0.25) is 4.79 Å². The Morgan fingerprint density at radius 3 is 2.38 bits per heavy atom. The van der Waals surface area contributed by atoms with E-state index < -0.39 is 0 Å². The van der Waals surface area contributed by atoms with Gasteiger partial charge in [0.05, 0.1) is 0 Å². The largest absolute Gasteiger partial charge is 0.356 e. The zero-order chi connectivity index (χ0) is 10.3. The van der Waals surface area contributed by atoms with E-state index in [4.69, 9.17) is 0 Å². The van der Waals surface area contributed by atoms with Gasteiger partial charge in [-0.1, -0.05) is 20.3 Å². The molecule has 0 aromatic carbocycles. The Balaban J connectivity index is 3.46. The van der Waals surface area contributed by atoms with E-state index in [9.17, 15) is 9.59 Å². The van der Waals surface area contributed by atoms with E-state index in [2.05, 4.69) is 19.2 Å². The number of carbonyl (C=O) groups excluding carboxylic acids is 2. The second kappa shape index (κ2) is 6.63. The lowest BCUT2D eigenvalue weighted by atomic mass is 10.1. The summed E-state index contributed by atoms with van der Waals surface area (Å²) >= 11 is 0. The highest BCUT2D eigenvalue weighted by Crippen LogP contribution is 1.98. The molecule has 0 saturated carbocycles. The monoisotopic (exact) mass is 185 g/mol. The van der Waals surface area contributed by atoms with Crippen LogP contribution in [0.2, 0.25) is 0 Å². The first-order valence-corrected chi connectivity index (χ1v) is 4.82. The number of nitrogens with one attached hydrogen (secondary N) is 1. The molecule has 0 saturated heterocycles. The summed E-state index contributed by atoms with van der Waals surface area (Å²) in [5.74, 6) is 0.565. The molecule has 0 aliphatic rings. The molecule has 13 heavy (non-hydrogen) atoms. The van der Waals surface area contributed by atoms with Gasteiger partial charge in [-0.25, -0.2) is 0 Å². The number of amides is 1. The molecule has 1 amide bonds. The van der Waals surface area contributed by atoms with Crippen molar-refractivity contribution >= 4 is 11.7 Å². The zero-order valence-electron chi connectivity index (χ0n) is 8.72. The van der Waals surface area contributed by atoms with Crippen LogP contribution in [0, 0.1) is 5.92 Å². The van der Waals surface area contributed by atoms with Crippen molar-refractivity contribution in [1.82, 2.24) is 5.32 Å². The summed E-state index contributed by atoms with van der Waals surface area (Å²) in [5.41, 5.74) is 0. The second-order valence-corrected chi connectivity index (χ2v) is 3.52. The second-order valence-electron chi connectivity index (χ2n) is 3.52. The summed E-state index contributed by atoms with van der Waals surface area (Å²) in [4.78, 5) is 21.7. The Hall–Kier alpha value is -0.860. The average Bonchev–Trinajstić information content (AvgIpc) is 2.10. The molecular weight excluding hydrogens is 166 g/mol. The first-order chi connectivity index (χ1) is 6.06. The number of ketones is 1. The van der Waals surface area contributed by atoms with Gasteiger partial charge >= 0.3 is 0 Å². The predicted molar refractivity (Wildman–Crippen MR) is 52.4 cm³/mol. The Bertz CT molecular complexity index is 178. The van der Waals surface area contributed by atoms with Gasteiger partial charge in [0.15, 0.2) is 0 Å². The first-order valence-electron chi connectivity index (χ1n) is 4.82. The van der Waals surface area contributed by atoms with E-state index in [-0.39, 0.29) is 11.7 Å². The Morgan fingerprint density at radius 1 is 1.31 bits per heavy atom. The molecule has 1 atom stereocenters. The molecule has 1 unspecified atom stereocenters. The molecule has 0 spiro atoms. The van der Waals surface area contributed by atoms with Crippen LogP contribution in [0.5, 0.6) is 0 Å². The third kappa shape index (κ3) is 7.50. The van der Waals surface area contributed by atoms with Gasteiger partial charge < -0.3 is 10.1 Å². The molecule has 0 aromatic rings. The normalized spacial score (nSPS) is 12.2. The van der Waals surface area contributed by atoms with Crippen molar-refractivity contribution in [2.75, 3.05) is 6.54 Å². The highest BCUT2D eigenvalue weighted by molar-refractivity contribution is 5.83. The van der Waals surface area contributed by atoms with Gasteiger partial charge in [0.1, 0.15) is 5.78 Å². The van der Waals surface area contributed by atoms with Crippen molar-refractivity contribution in [3.05, 3.63) is 0 Å². The molecule has 0 rings (SSSR count). The number of rotatable bonds is 6. The Morgan fingerprint density at radius 2 is 1.92 bits per heavy atom. The molecule has 0 radical (unpaired) electrons. The lowest BCUT2D eigenvalue weighted by molar-refractivity contribution is -0.124. The minimum absolute atomic E-state index is 0.0181. The topological polar surface area (TPSA) is 46.2 Å². The van der Waals surface area contributed by atoms with E-state index in [1.807, 2.05) is 0 Å². The minimum atomic E-state index is -0.0181. The average molecular weight is 185 g/mol. The van der Waals surface area contributed by atoms with Crippen LogP contribution in [0.1, 0.15) is 40.0 Å². The fourth-order valence-electron chi connectivity index (χ4n) is 0.810. The quantitative estimate of drug-likeness (QED) is 0.682. The fraction of sp³-hybridized carbons (Fsp3) is 0.800. The van der Waals surface area contributed by atoms with Crippen LogP contribution in [0.4, 0.5) is 0 Å². The van der Waals surface area contributed by atoms with Crippen LogP contribution in [-0.4, -0.2) is 18.2 Å². The van der Waals surface area contributed by atoms with Crippen molar-refractivity contribution in [2.24, 2.45) is 5.92 Å². The predicted octanol–water partition coefficient (Wildman–Crippen LogP) is 1.52. The van der Waals surface area contributed by atoms with Gasteiger partial charge in [0, 0.05) is 19.4 Å². The van der Waals surface area contributed by atoms with Gasteiger partial charge in [0.2, 0.25) is 5.91 Å². The van der Waals surface area contributed by atoms with Crippen molar-refractivity contribution < 1.29 is 9.59 Å². The number of Topliss-reactive ketones (excluding diaryl/α,β-unsaturated/α-hetero) is 1. The molecule has 0 heterocycles. The third-order valence-electron chi connectivity index (χ3n) is 2.05. The highest BCUT2D eigenvalue weighted by atomic mass is 16.2. The van der Waals surface area contributed by atoms with E-state index in [1.165, 1.54) is 6.92 Å². The van der Waals surface area contributed by atoms with E-state index in [0.29, 0.717) is 25.3 Å². The van der Waals surface area contributed by atoms with Gasteiger partial charge in [-0.15, -0.1) is 0 Å². The third-order valence-corrected chi connectivity index (χ3v) is 2.05. The molecule has 0 aromatic heterocycles. The van der Waals surface area contributed by atoms with Crippen LogP contribution in [0.3, 0.4) is 0 Å². The maximum absolute atomic E-state index is 11.1. The molecule has 76 valence electrons. The summed E-state index contributed by atoms with van der Waals surface area (Å²) in [6.45, 7) is 6.40. The lowest BCUT2D eigenvalue weighted by Gasteiger charge is -2.09. The molecule has 3 nitrogen and oxygen atoms in total. The van der Waals surface area contributed by atoms with Crippen molar-refractivity contribution in [3.63, 3.8) is 0 Å². The van der Waals surface area contributed by atoms with Crippen molar-refractivity contribution in [3.8, 4) is 0 Å². The SMILES string of the molecule is CCC(C)CNC(=O)CCC(C)=O. The molecule has 3 heteroatoms. The summed E-state index contributed by atoms with van der Waals surface area (Å²) < 4.78 is 0. The Kier molecular flexibility index (Phi) is 6.20. The van der Waals surface area contributed by atoms with Gasteiger partial charge in [-0.05, 0) is 12.8 Å². The minimum Gasteiger partial charge on any atom is -0.356 e. The highest BCUT2D eigenvalue weighted by Gasteiger charge is 2.04. The standard InChI is InChI=1S/C10H19NO2/c1-4-8(2)7-11-10(13)6-5-9(3)12/h8H,4-7H2,1-3H3,(H,11,13). The molecule has 1 N–H and O–H groups in total. The van der Waals surface area contributed by atoms with Gasteiger partial charge in [0.25, 0.3) is 0 Å². The molecular formula is C10H19NO2. The van der Waals surface area contributed by atoms with Crippen LogP contribution in [0.25, 0.3) is 0 Å². The molecule has 0 aliphatic heterocycles. The first kappa shape index (κ1) is 12.1. The molecule has 0 fully saturated rings. The summed E-state index contributed by atoms with van der Waals surface area (Å²) in [5, 5.41) is 2.80. The van der Waals surface area contributed by atoms with E-state index >= 15 is 0 Å². The molecule has 0 bridgehead atoms. The van der Waals surface area contributed by atoms with Crippen LogP contribution in [-0.2, 0) is 9.59 Å². The fourth-order valence-corrected chi connectivity index (χ4v) is 0.810. The maximum Gasteiger partial charge on any atom is 0.220 e. The zero-order valence-corrected chi connectivity index (χ0v) is 8.72. The summed E-state index contributed by atoms with van der Waals surface area (Å²) in [7, 11) is 0. The van der Waals surface area contributed by atoms with Gasteiger partial charge in [-0.2, -0.15) is 0 Å². The lowest BCUT2D eigenvalue weighted by Crippen LogP contribution is -2.28. The smallest absolute Gasteiger partial charge is 0.220 e. The van der Waals surface area contributed by atoms with Crippen molar-refractivity contribution in [2.45, 2.75) is 40.0 Å². The number of carbonyl (C=O) groups is 2. The van der Waals surface area contributed by atoms with Crippen molar-refractivity contribution in [1.29, 1.82) is 0 Å². The maximum atomic E-state index is 11.1. The van der Waals surface area contributed by atoms with Crippen LogP contribution in [0.15, 0.2) is 0 Å². The summed E-state index contributed by atoms with van der Waals surface area (Å²) in [6.07, 6.45) is 1.74. The Labute approximate surface area is 79.9 Å². The number of hydrogen-bond acceptors (Lipinski definition) is 2. The van der Waals surface area contributed by atoms with Crippen LogP contribution >= 0.6 is 0 Å². The molecule has 0 aliphatic carbocycles. The number of hydrogen-bond donors (Lipinski definition) is 1. The van der Waals surface area contributed by atoms with E-state index in [1.54, 1.807) is 0 Å².